The van der Waals surface area contributed by atoms with Crippen molar-refractivity contribution in [3.8, 4) is 11.4 Å². The minimum Gasteiger partial charge on any atom is -0.401 e. The van der Waals surface area contributed by atoms with Crippen LogP contribution in [0.5, 0.6) is 0 Å². The van der Waals surface area contributed by atoms with Crippen LogP contribution in [0, 0.1) is 6.92 Å². The van der Waals surface area contributed by atoms with Crippen molar-refractivity contribution in [2.75, 3.05) is 32.8 Å². The predicted octanol–water partition coefficient (Wildman–Crippen LogP) is 2.55. The van der Waals surface area contributed by atoms with E-state index in [1.807, 2.05) is 48.2 Å². The summed E-state index contributed by atoms with van der Waals surface area (Å²) in [6.07, 6.45) is 1.41. The number of guanidine groups is 1. The lowest BCUT2D eigenvalue weighted by Gasteiger charge is -2.27. The Morgan fingerprint density at radius 1 is 1.17 bits per heavy atom. The maximum Gasteiger partial charge on any atom is 0.254 e. The van der Waals surface area contributed by atoms with Gasteiger partial charge in [0.05, 0.1) is 30.3 Å². The Labute approximate surface area is 205 Å². The molecule has 4 rings (SSSR count). The molecule has 1 saturated heterocycles. The Morgan fingerprint density at radius 3 is 2.63 bits per heavy atom. The summed E-state index contributed by atoms with van der Waals surface area (Å²) in [5.41, 5.74) is 22.1. The molecule has 1 fully saturated rings. The zero-order valence-electron chi connectivity index (χ0n) is 20.1. The second-order valence-corrected chi connectivity index (χ2v) is 8.82. The van der Waals surface area contributed by atoms with Gasteiger partial charge in [0, 0.05) is 36.5 Å². The van der Waals surface area contributed by atoms with Crippen LogP contribution in [-0.2, 0) is 4.74 Å². The van der Waals surface area contributed by atoms with E-state index in [-0.39, 0.29) is 17.9 Å². The second kappa shape index (κ2) is 10.6. The Hall–Kier alpha value is -3.85. The molecule has 184 valence electrons. The first-order valence-electron chi connectivity index (χ1n) is 11.8. The number of hydrogen-bond acceptors (Lipinski definition) is 5. The van der Waals surface area contributed by atoms with Crippen molar-refractivity contribution in [1.29, 1.82) is 0 Å². The lowest BCUT2D eigenvalue weighted by molar-refractivity contribution is 0.0303. The van der Waals surface area contributed by atoms with E-state index in [0.29, 0.717) is 50.5 Å². The van der Waals surface area contributed by atoms with Crippen LogP contribution >= 0.6 is 0 Å². The number of amides is 1. The van der Waals surface area contributed by atoms with Gasteiger partial charge in [-0.1, -0.05) is 30.3 Å². The number of benzene rings is 2. The van der Waals surface area contributed by atoms with Crippen molar-refractivity contribution in [1.82, 2.24) is 14.5 Å². The van der Waals surface area contributed by atoms with Gasteiger partial charge in [-0.05, 0) is 44.0 Å². The molecule has 9 nitrogen and oxygen atoms in total. The molecule has 1 amide bonds. The van der Waals surface area contributed by atoms with Gasteiger partial charge in [-0.2, -0.15) is 0 Å². The lowest BCUT2D eigenvalue weighted by atomic mass is 10.1. The third kappa shape index (κ3) is 5.46. The predicted molar refractivity (Wildman–Crippen MR) is 139 cm³/mol. The summed E-state index contributed by atoms with van der Waals surface area (Å²) < 4.78 is 7.50. The van der Waals surface area contributed by atoms with E-state index >= 15 is 0 Å². The monoisotopic (exact) mass is 475 g/mol. The van der Waals surface area contributed by atoms with Gasteiger partial charge in [0.15, 0.2) is 5.96 Å². The first kappa shape index (κ1) is 24.3. The molecule has 0 radical (unpaired) electrons. The van der Waals surface area contributed by atoms with Crippen LogP contribution in [0.15, 0.2) is 59.7 Å². The molecule has 1 unspecified atom stereocenters. The lowest BCUT2D eigenvalue weighted by Crippen LogP contribution is -2.40. The van der Waals surface area contributed by atoms with Gasteiger partial charge in [0.2, 0.25) is 0 Å². The van der Waals surface area contributed by atoms with E-state index in [0.717, 1.165) is 34.4 Å². The third-order valence-corrected chi connectivity index (χ3v) is 6.18. The largest absolute Gasteiger partial charge is 0.401 e. The Bertz CT molecular complexity index is 1250. The molecule has 6 N–H and O–H groups in total. The average molecular weight is 476 g/mol. The number of aliphatic imine (C=N–C) groups is 1. The van der Waals surface area contributed by atoms with Gasteiger partial charge >= 0.3 is 0 Å². The summed E-state index contributed by atoms with van der Waals surface area (Å²) in [6, 6.07) is 13.6. The normalized spacial score (nSPS) is 14.6. The fourth-order valence-corrected chi connectivity index (χ4v) is 4.46. The first-order chi connectivity index (χ1) is 16.8. The van der Waals surface area contributed by atoms with Gasteiger partial charge in [0.25, 0.3) is 5.91 Å². The summed E-state index contributed by atoms with van der Waals surface area (Å²) in [5, 5.41) is 0. The molecule has 35 heavy (non-hydrogen) atoms. The number of rotatable bonds is 8. The number of ether oxygens (including phenoxy) is 1. The van der Waals surface area contributed by atoms with E-state index in [1.54, 1.807) is 0 Å². The van der Waals surface area contributed by atoms with Crippen LogP contribution in [0.25, 0.3) is 22.4 Å². The summed E-state index contributed by atoms with van der Waals surface area (Å²) in [5.74, 6) is 0.830. The number of aromatic nitrogens is 2. The summed E-state index contributed by atoms with van der Waals surface area (Å²) in [6.45, 7) is 8.89. The first-order valence-corrected chi connectivity index (χ1v) is 11.8. The molecule has 0 saturated carbocycles. The Balaban J connectivity index is 1.78. The van der Waals surface area contributed by atoms with Crippen LogP contribution in [0.4, 0.5) is 0 Å². The number of fused-ring (bicyclic) bond motifs is 1. The molecular formula is C26H33N7O2. The molecule has 0 aliphatic carbocycles. The highest BCUT2D eigenvalue weighted by Gasteiger charge is 2.24. The molecule has 9 heteroatoms. The quantitative estimate of drug-likeness (QED) is 0.260. The average Bonchev–Trinajstić information content (AvgIpc) is 3.22. The molecule has 1 aliphatic rings. The number of aryl methyl sites for hydroxylation is 1. The zero-order chi connectivity index (χ0) is 24.9. The van der Waals surface area contributed by atoms with Crippen LogP contribution in [0.3, 0.4) is 0 Å². The maximum absolute atomic E-state index is 13.1. The summed E-state index contributed by atoms with van der Waals surface area (Å²) in [7, 11) is 0. The van der Waals surface area contributed by atoms with Gasteiger partial charge in [0.1, 0.15) is 5.82 Å². The van der Waals surface area contributed by atoms with Crippen molar-refractivity contribution in [2.24, 2.45) is 22.2 Å². The minimum atomic E-state index is -0.217. The number of nitrogens with zero attached hydrogens (tertiary/aromatic N) is 4. The van der Waals surface area contributed by atoms with Crippen molar-refractivity contribution in [3.05, 3.63) is 65.9 Å². The van der Waals surface area contributed by atoms with E-state index in [2.05, 4.69) is 22.2 Å². The summed E-state index contributed by atoms with van der Waals surface area (Å²) >= 11 is 0. The van der Waals surface area contributed by atoms with Gasteiger partial charge in [-0.15, -0.1) is 0 Å². The number of imidazole rings is 1. The molecule has 1 aliphatic heterocycles. The van der Waals surface area contributed by atoms with Gasteiger partial charge < -0.3 is 31.4 Å². The highest BCUT2D eigenvalue weighted by atomic mass is 16.5. The molecule has 2 heterocycles. The molecule has 1 aromatic heterocycles. The van der Waals surface area contributed by atoms with E-state index in [1.165, 1.54) is 0 Å². The van der Waals surface area contributed by atoms with Crippen LogP contribution in [0.1, 0.15) is 34.8 Å². The Kier molecular flexibility index (Phi) is 7.36. The highest BCUT2D eigenvalue weighted by molar-refractivity contribution is 5.98. The Morgan fingerprint density at radius 2 is 1.94 bits per heavy atom. The molecule has 2 aromatic carbocycles. The number of hydrogen-bond donors (Lipinski definition) is 3. The standard InChI is InChI=1S/C26H33N7O2/c1-17-5-3-6-19(15-17)24-31-21-16-20(25(34)32-11-13-35-14-12-32)8-9-23(21)33(24)22(18(2)27)7-4-10-30-26(28)29/h3,5-6,8-9,15-16,22H,2,4,7,10-14,27H2,1H3,(H4,28,29,30). The van der Waals surface area contributed by atoms with Gasteiger partial charge in [-0.25, -0.2) is 4.98 Å². The maximum atomic E-state index is 13.1. The molecule has 0 spiro atoms. The fourth-order valence-electron chi connectivity index (χ4n) is 4.46. The van der Waals surface area contributed by atoms with E-state index in [9.17, 15) is 4.79 Å². The number of carbonyl (C=O) groups is 1. The van der Waals surface area contributed by atoms with Crippen molar-refractivity contribution < 1.29 is 9.53 Å². The van der Waals surface area contributed by atoms with E-state index in [4.69, 9.17) is 26.9 Å². The fraction of sp³-hybridized carbons (Fsp3) is 0.346. The second-order valence-electron chi connectivity index (χ2n) is 8.82. The number of carbonyl (C=O) groups excluding carboxylic acids is 1. The SMILES string of the molecule is C=C(N)C(CCCN=C(N)N)n1c(-c2cccc(C)c2)nc2cc(C(=O)N3CCOCC3)ccc21. The van der Waals surface area contributed by atoms with E-state index < -0.39 is 0 Å². The number of morpholine rings is 1. The zero-order valence-corrected chi connectivity index (χ0v) is 20.1. The molecule has 0 bridgehead atoms. The highest BCUT2D eigenvalue weighted by Crippen LogP contribution is 2.33. The minimum absolute atomic E-state index is 0.0149. The van der Waals surface area contributed by atoms with Crippen LogP contribution in [0.2, 0.25) is 0 Å². The van der Waals surface area contributed by atoms with Gasteiger partial charge in [-0.3, -0.25) is 9.79 Å². The molecule has 3 aromatic rings. The van der Waals surface area contributed by atoms with Crippen LogP contribution < -0.4 is 17.2 Å². The molecule has 1 atom stereocenters. The third-order valence-electron chi connectivity index (χ3n) is 6.18. The number of nitrogens with two attached hydrogens (primary N) is 3. The number of allylic oxidation sites excluding steroid dienone is 1. The van der Waals surface area contributed by atoms with Crippen LogP contribution in [-0.4, -0.2) is 59.2 Å². The van der Waals surface area contributed by atoms with Crippen molar-refractivity contribution >= 4 is 22.9 Å². The smallest absolute Gasteiger partial charge is 0.254 e. The summed E-state index contributed by atoms with van der Waals surface area (Å²) in [4.78, 5) is 24.0. The topological polar surface area (TPSA) is 138 Å². The van der Waals surface area contributed by atoms with Crippen molar-refractivity contribution in [3.63, 3.8) is 0 Å². The van der Waals surface area contributed by atoms with Crippen molar-refractivity contribution in [2.45, 2.75) is 25.8 Å². The molecular weight excluding hydrogens is 442 g/mol.